The maximum atomic E-state index is 9.93. The average molecular weight is 116 g/mol. The molecule has 0 aromatic carbocycles. The van der Waals surface area contributed by atoms with Crippen molar-refractivity contribution in [3.8, 4) is 0 Å². The van der Waals surface area contributed by atoms with Gasteiger partial charge in [0.05, 0.1) is 0 Å². The van der Waals surface area contributed by atoms with E-state index in [1.807, 2.05) is 0 Å². The van der Waals surface area contributed by atoms with Gasteiger partial charge in [-0.3, -0.25) is 0 Å². The summed E-state index contributed by atoms with van der Waals surface area (Å²) >= 11 is 0. The van der Waals surface area contributed by atoms with Crippen molar-refractivity contribution in [1.29, 1.82) is 0 Å². The number of aliphatic carboxylic acids is 1. The molecule has 0 rings (SSSR count). The number of carboxylic acids is 1. The predicted molar refractivity (Wildman–Crippen MR) is 28.9 cm³/mol. The first kappa shape index (κ1) is 7.13. The van der Waals surface area contributed by atoms with Crippen LogP contribution in [0.4, 0.5) is 0 Å². The Morgan fingerprint density at radius 1 is 1.75 bits per heavy atom. The number of hydrogen-bond acceptors (Lipinski definition) is 3. The highest BCUT2D eigenvalue weighted by Crippen LogP contribution is 1.88. The highest BCUT2D eigenvalue weighted by atomic mass is 16.4. The van der Waals surface area contributed by atoms with Crippen LogP contribution < -0.4 is 11.5 Å². The lowest BCUT2D eigenvalue weighted by molar-refractivity contribution is -0.141. The number of carbonyl (C=O) groups is 1. The van der Waals surface area contributed by atoms with E-state index in [2.05, 4.69) is 6.58 Å². The summed E-state index contributed by atoms with van der Waals surface area (Å²) in [5.74, 6) is -1.28. The van der Waals surface area contributed by atoms with E-state index in [9.17, 15) is 4.79 Å². The van der Waals surface area contributed by atoms with Crippen LogP contribution in [0.5, 0.6) is 0 Å². The van der Waals surface area contributed by atoms with Gasteiger partial charge < -0.3 is 16.6 Å². The van der Waals surface area contributed by atoms with Crippen LogP contribution in [0.1, 0.15) is 0 Å². The Balaban J connectivity index is 4.12. The molecule has 0 saturated carbocycles. The lowest BCUT2D eigenvalue weighted by Crippen LogP contribution is -2.54. The molecule has 0 heterocycles. The van der Waals surface area contributed by atoms with Crippen LogP contribution in [0, 0.1) is 0 Å². The third kappa shape index (κ3) is 1.32. The Kier molecular flexibility index (Phi) is 1.72. The van der Waals surface area contributed by atoms with Crippen molar-refractivity contribution in [1.82, 2.24) is 0 Å². The van der Waals surface area contributed by atoms with Crippen molar-refractivity contribution >= 4 is 5.97 Å². The molecule has 0 aliphatic rings. The third-order valence-electron chi connectivity index (χ3n) is 0.708. The zero-order valence-electron chi connectivity index (χ0n) is 4.29. The van der Waals surface area contributed by atoms with Crippen LogP contribution in [-0.2, 0) is 4.79 Å². The van der Waals surface area contributed by atoms with Crippen LogP contribution in [-0.4, -0.2) is 16.7 Å². The van der Waals surface area contributed by atoms with Crippen LogP contribution >= 0.6 is 0 Å². The van der Waals surface area contributed by atoms with E-state index in [1.54, 1.807) is 0 Å². The second-order valence-corrected chi connectivity index (χ2v) is 1.44. The fraction of sp³-hybridized carbons (Fsp3) is 0.250. The van der Waals surface area contributed by atoms with Gasteiger partial charge in [-0.15, -0.1) is 0 Å². The van der Waals surface area contributed by atoms with E-state index in [0.717, 1.165) is 6.08 Å². The van der Waals surface area contributed by atoms with Crippen molar-refractivity contribution < 1.29 is 9.90 Å². The molecule has 0 unspecified atom stereocenters. The lowest BCUT2D eigenvalue weighted by atomic mass is 10.2. The molecule has 8 heavy (non-hydrogen) atoms. The first-order chi connectivity index (χ1) is 3.50. The molecule has 0 aliphatic carbocycles. The van der Waals surface area contributed by atoms with Crippen molar-refractivity contribution in [2.24, 2.45) is 11.5 Å². The van der Waals surface area contributed by atoms with Gasteiger partial charge in [-0.05, 0) is 6.08 Å². The molecule has 0 aromatic rings. The Bertz CT molecular complexity index is 119. The summed E-state index contributed by atoms with van der Waals surface area (Å²) in [7, 11) is 0. The summed E-state index contributed by atoms with van der Waals surface area (Å²) in [6, 6.07) is 0. The molecular formula is C4H8N2O2. The van der Waals surface area contributed by atoms with Gasteiger partial charge >= 0.3 is 5.97 Å². The van der Waals surface area contributed by atoms with Crippen LogP contribution in [0.2, 0.25) is 0 Å². The summed E-state index contributed by atoms with van der Waals surface area (Å²) in [5, 5.41) is 8.12. The van der Waals surface area contributed by atoms with Gasteiger partial charge in [-0.25, -0.2) is 4.79 Å². The van der Waals surface area contributed by atoms with E-state index in [0.29, 0.717) is 0 Å². The molecule has 0 bridgehead atoms. The second-order valence-electron chi connectivity index (χ2n) is 1.44. The third-order valence-corrected chi connectivity index (χ3v) is 0.708. The smallest absolute Gasteiger partial charge is 0.342 e. The summed E-state index contributed by atoms with van der Waals surface area (Å²) in [4.78, 5) is 9.93. The van der Waals surface area contributed by atoms with E-state index >= 15 is 0 Å². The minimum Gasteiger partial charge on any atom is -0.479 e. The van der Waals surface area contributed by atoms with Gasteiger partial charge in [0.25, 0.3) is 0 Å². The van der Waals surface area contributed by atoms with Crippen molar-refractivity contribution in [2.45, 2.75) is 5.66 Å². The minimum absolute atomic E-state index is 0.968. The Morgan fingerprint density at radius 2 is 2.12 bits per heavy atom. The van der Waals surface area contributed by atoms with Crippen LogP contribution in [0.3, 0.4) is 0 Å². The quantitative estimate of drug-likeness (QED) is 0.314. The molecule has 4 nitrogen and oxygen atoms in total. The zero-order chi connectivity index (χ0) is 6.78. The largest absolute Gasteiger partial charge is 0.479 e. The maximum Gasteiger partial charge on any atom is 0.342 e. The van der Waals surface area contributed by atoms with Gasteiger partial charge in [-0.1, -0.05) is 6.58 Å². The lowest BCUT2D eigenvalue weighted by Gasteiger charge is -2.11. The topological polar surface area (TPSA) is 89.3 Å². The van der Waals surface area contributed by atoms with Gasteiger partial charge in [0.15, 0.2) is 5.66 Å². The number of carboxylic acid groups (broad SMARTS) is 1. The van der Waals surface area contributed by atoms with Gasteiger partial charge in [0.2, 0.25) is 0 Å². The Morgan fingerprint density at radius 3 is 2.12 bits per heavy atom. The SMILES string of the molecule is C=CC(N)(N)C(=O)O. The molecule has 0 aliphatic heterocycles. The van der Waals surface area contributed by atoms with Crippen molar-refractivity contribution in [3.05, 3.63) is 12.7 Å². The first-order valence-electron chi connectivity index (χ1n) is 1.95. The Hall–Kier alpha value is -0.870. The van der Waals surface area contributed by atoms with E-state index in [1.165, 1.54) is 0 Å². The molecule has 0 aromatic heterocycles. The van der Waals surface area contributed by atoms with Crippen LogP contribution in [0.15, 0.2) is 12.7 Å². The van der Waals surface area contributed by atoms with E-state index < -0.39 is 11.6 Å². The Labute approximate surface area is 46.8 Å². The number of hydrogen-bond donors (Lipinski definition) is 3. The molecule has 0 spiro atoms. The highest BCUT2D eigenvalue weighted by Gasteiger charge is 2.23. The van der Waals surface area contributed by atoms with E-state index in [4.69, 9.17) is 16.6 Å². The van der Waals surface area contributed by atoms with Gasteiger partial charge in [0.1, 0.15) is 0 Å². The normalized spacial score (nSPS) is 10.8. The molecule has 0 radical (unpaired) electrons. The molecule has 46 valence electrons. The molecule has 0 atom stereocenters. The average Bonchev–Trinajstić information content (AvgIpc) is 1.67. The molecule has 5 N–H and O–H groups in total. The second kappa shape index (κ2) is 1.94. The molecular weight excluding hydrogens is 108 g/mol. The number of rotatable bonds is 2. The van der Waals surface area contributed by atoms with Crippen molar-refractivity contribution in [3.63, 3.8) is 0 Å². The summed E-state index contributed by atoms with van der Waals surface area (Å²) < 4.78 is 0. The molecule has 4 heteroatoms. The molecule has 0 fully saturated rings. The summed E-state index contributed by atoms with van der Waals surface area (Å²) in [6.45, 7) is 3.12. The molecule has 0 amide bonds. The first-order valence-corrected chi connectivity index (χ1v) is 1.95. The van der Waals surface area contributed by atoms with E-state index in [-0.39, 0.29) is 0 Å². The highest BCUT2D eigenvalue weighted by molar-refractivity contribution is 5.79. The van der Waals surface area contributed by atoms with Crippen LogP contribution in [0.25, 0.3) is 0 Å². The summed E-state index contributed by atoms with van der Waals surface area (Å²) in [6.07, 6.45) is 0.968. The fourth-order valence-electron chi connectivity index (χ4n) is 0.0873. The predicted octanol–water partition coefficient (Wildman–Crippen LogP) is -1.13. The standard InChI is InChI=1S/C4H8N2O2/c1-2-4(5,6)3(7)8/h2H,1,5-6H2,(H,7,8). The monoisotopic (exact) mass is 116 g/mol. The maximum absolute atomic E-state index is 9.93. The fourth-order valence-corrected chi connectivity index (χ4v) is 0.0873. The minimum atomic E-state index is -1.78. The summed E-state index contributed by atoms with van der Waals surface area (Å²) in [5.41, 5.74) is 8.06. The zero-order valence-corrected chi connectivity index (χ0v) is 4.29. The van der Waals surface area contributed by atoms with Gasteiger partial charge in [-0.2, -0.15) is 0 Å². The van der Waals surface area contributed by atoms with Gasteiger partial charge in [0, 0.05) is 0 Å². The molecule has 0 saturated heterocycles. The van der Waals surface area contributed by atoms with Crippen molar-refractivity contribution in [2.75, 3.05) is 0 Å². The number of nitrogens with two attached hydrogens (primary N) is 2.